The number of rotatable bonds is 5. The van der Waals surface area contributed by atoms with Gasteiger partial charge in [0.1, 0.15) is 17.5 Å². The number of carbonyl (C=O) groups is 2. The van der Waals surface area contributed by atoms with Crippen molar-refractivity contribution in [3.63, 3.8) is 0 Å². The monoisotopic (exact) mass is 360 g/mol. The van der Waals surface area contributed by atoms with Gasteiger partial charge in [0, 0.05) is 5.92 Å². The van der Waals surface area contributed by atoms with E-state index in [4.69, 9.17) is 14.2 Å². The van der Waals surface area contributed by atoms with Gasteiger partial charge in [-0.2, -0.15) is 0 Å². The predicted molar refractivity (Wildman–Crippen MR) is 97.0 cm³/mol. The number of hydrogen-bond donors (Lipinski definition) is 0. The zero-order valence-electron chi connectivity index (χ0n) is 16.0. The summed E-state index contributed by atoms with van der Waals surface area (Å²) in [5.41, 5.74) is 1.59. The van der Waals surface area contributed by atoms with Gasteiger partial charge in [0.05, 0.1) is 18.9 Å². The van der Waals surface area contributed by atoms with Crippen LogP contribution in [0.2, 0.25) is 0 Å². The molecule has 1 fully saturated rings. The number of hydrogen-bond acceptors (Lipinski definition) is 5. The highest BCUT2D eigenvalue weighted by Crippen LogP contribution is 2.46. The largest absolute Gasteiger partial charge is 0.490 e. The summed E-state index contributed by atoms with van der Waals surface area (Å²) in [6, 6.07) is 5.88. The summed E-state index contributed by atoms with van der Waals surface area (Å²) in [5, 5.41) is 0. The average Bonchev–Trinajstić information content (AvgIpc) is 3.33. The van der Waals surface area contributed by atoms with Crippen LogP contribution in [0, 0.1) is 11.8 Å². The molecular formula is C21H28O5. The van der Waals surface area contributed by atoms with Crippen LogP contribution in [0.25, 0.3) is 0 Å². The minimum Gasteiger partial charge on any atom is -0.490 e. The van der Waals surface area contributed by atoms with Crippen molar-refractivity contribution in [1.29, 1.82) is 0 Å². The lowest BCUT2D eigenvalue weighted by atomic mass is 9.96. The quantitative estimate of drug-likeness (QED) is 0.753. The standard InChI is InChI=1S/C21H28O5/c1-5-24-20(23)16-12-15(16)18-9-7-14-10-13(6-8-17(14)25-18)11-19(22)26-21(2,3)4/h6,8,10,15-16,18H,5,7,9,11-12H2,1-4H3. The number of ether oxygens (including phenoxy) is 3. The molecule has 1 aliphatic carbocycles. The minimum atomic E-state index is -0.471. The highest BCUT2D eigenvalue weighted by Gasteiger charge is 2.50. The SMILES string of the molecule is CCOC(=O)C1CC1C1CCc2cc(CC(=O)OC(C)(C)C)ccc2O1. The Bertz CT molecular complexity index is 688. The molecule has 3 unspecified atom stereocenters. The summed E-state index contributed by atoms with van der Waals surface area (Å²) >= 11 is 0. The molecule has 142 valence electrons. The Morgan fingerprint density at radius 3 is 2.73 bits per heavy atom. The van der Waals surface area contributed by atoms with Crippen LogP contribution in [0.3, 0.4) is 0 Å². The van der Waals surface area contributed by atoms with E-state index in [-0.39, 0.29) is 36.3 Å². The summed E-state index contributed by atoms with van der Waals surface area (Å²) in [5.74, 6) is 0.808. The van der Waals surface area contributed by atoms with Crippen molar-refractivity contribution in [3.05, 3.63) is 29.3 Å². The van der Waals surface area contributed by atoms with Gasteiger partial charge in [-0.15, -0.1) is 0 Å². The number of esters is 2. The fraction of sp³-hybridized carbons (Fsp3) is 0.619. The maximum atomic E-state index is 12.0. The molecule has 3 atom stereocenters. The first-order chi connectivity index (χ1) is 12.3. The third-order valence-corrected chi connectivity index (χ3v) is 4.78. The molecule has 3 rings (SSSR count). The lowest BCUT2D eigenvalue weighted by molar-refractivity contribution is -0.154. The molecule has 0 aromatic heterocycles. The molecule has 0 amide bonds. The second kappa shape index (κ2) is 7.29. The third kappa shape index (κ3) is 4.57. The number of benzene rings is 1. The lowest BCUT2D eigenvalue weighted by Gasteiger charge is -2.27. The smallest absolute Gasteiger partial charge is 0.310 e. The summed E-state index contributed by atoms with van der Waals surface area (Å²) in [7, 11) is 0. The Hall–Kier alpha value is -2.04. The second-order valence-electron chi connectivity index (χ2n) is 8.16. The van der Waals surface area contributed by atoms with Gasteiger partial charge in [-0.05, 0) is 64.2 Å². The van der Waals surface area contributed by atoms with Gasteiger partial charge in [-0.3, -0.25) is 9.59 Å². The summed E-state index contributed by atoms with van der Waals surface area (Å²) in [6.45, 7) is 7.86. The van der Waals surface area contributed by atoms with Crippen molar-refractivity contribution in [3.8, 4) is 5.75 Å². The molecule has 0 radical (unpaired) electrons. The first-order valence-corrected chi connectivity index (χ1v) is 9.44. The van der Waals surface area contributed by atoms with E-state index in [2.05, 4.69) is 0 Å². The van der Waals surface area contributed by atoms with E-state index >= 15 is 0 Å². The fourth-order valence-corrected chi connectivity index (χ4v) is 3.56. The topological polar surface area (TPSA) is 61.8 Å². The Labute approximate surface area is 155 Å². The molecule has 1 heterocycles. The van der Waals surface area contributed by atoms with Crippen molar-refractivity contribution in [2.75, 3.05) is 6.61 Å². The molecular weight excluding hydrogens is 332 g/mol. The third-order valence-electron chi connectivity index (χ3n) is 4.78. The van der Waals surface area contributed by atoms with Crippen molar-refractivity contribution in [2.45, 2.75) is 65.1 Å². The molecule has 26 heavy (non-hydrogen) atoms. The van der Waals surface area contributed by atoms with E-state index in [0.717, 1.165) is 36.1 Å². The fourth-order valence-electron chi connectivity index (χ4n) is 3.56. The molecule has 1 saturated carbocycles. The normalized spacial score (nSPS) is 24.2. The minimum absolute atomic E-state index is 0.00654. The van der Waals surface area contributed by atoms with E-state index in [1.807, 2.05) is 45.9 Å². The molecule has 0 N–H and O–H groups in total. The molecule has 5 heteroatoms. The Morgan fingerprint density at radius 1 is 1.27 bits per heavy atom. The van der Waals surface area contributed by atoms with Gasteiger partial charge in [0.2, 0.25) is 0 Å². The van der Waals surface area contributed by atoms with Crippen LogP contribution in [0.1, 0.15) is 51.7 Å². The molecule has 1 aromatic carbocycles. The maximum absolute atomic E-state index is 12.0. The number of aryl methyl sites for hydroxylation is 1. The molecule has 2 aliphatic rings. The van der Waals surface area contributed by atoms with Crippen molar-refractivity contribution in [2.24, 2.45) is 11.8 Å². The Balaban J connectivity index is 1.58. The van der Waals surface area contributed by atoms with E-state index in [1.165, 1.54) is 0 Å². The van der Waals surface area contributed by atoms with Crippen molar-refractivity contribution >= 4 is 11.9 Å². The lowest BCUT2D eigenvalue weighted by Crippen LogP contribution is -2.27. The van der Waals surface area contributed by atoms with Gasteiger partial charge in [0.25, 0.3) is 0 Å². The average molecular weight is 360 g/mol. The summed E-state index contributed by atoms with van der Waals surface area (Å²) < 4.78 is 16.6. The van der Waals surface area contributed by atoms with Crippen LogP contribution in [-0.2, 0) is 31.9 Å². The predicted octanol–water partition coefficient (Wildman–Crippen LogP) is 3.46. The second-order valence-corrected chi connectivity index (χ2v) is 8.16. The van der Waals surface area contributed by atoms with E-state index in [0.29, 0.717) is 6.61 Å². The van der Waals surface area contributed by atoms with Crippen LogP contribution in [0.5, 0.6) is 5.75 Å². The van der Waals surface area contributed by atoms with Crippen molar-refractivity contribution in [1.82, 2.24) is 0 Å². The van der Waals surface area contributed by atoms with Gasteiger partial charge >= 0.3 is 11.9 Å². The van der Waals surface area contributed by atoms with Crippen LogP contribution in [-0.4, -0.2) is 30.3 Å². The molecule has 1 aromatic rings. The van der Waals surface area contributed by atoms with E-state index in [1.54, 1.807) is 0 Å². The molecule has 0 bridgehead atoms. The highest BCUT2D eigenvalue weighted by molar-refractivity contribution is 5.76. The van der Waals surface area contributed by atoms with Gasteiger partial charge in [0.15, 0.2) is 0 Å². The molecule has 1 aliphatic heterocycles. The van der Waals surface area contributed by atoms with Crippen LogP contribution >= 0.6 is 0 Å². The first kappa shape index (κ1) is 18.7. The van der Waals surface area contributed by atoms with Crippen LogP contribution in [0.15, 0.2) is 18.2 Å². The summed E-state index contributed by atoms with van der Waals surface area (Å²) in [6.07, 6.45) is 2.99. The van der Waals surface area contributed by atoms with E-state index in [9.17, 15) is 9.59 Å². The maximum Gasteiger partial charge on any atom is 0.310 e. The van der Waals surface area contributed by atoms with Crippen LogP contribution in [0.4, 0.5) is 0 Å². The zero-order chi connectivity index (χ0) is 18.9. The Kier molecular flexibility index (Phi) is 5.26. The van der Waals surface area contributed by atoms with Gasteiger partial charge in [-0.25, -0.2) is 0 Å². The van der Waals surface area contributed by atoms with E-state index < -0.39 is 5.60 Å². The Morgan fingerprint density at radius 2 is 2.04 bits per heavy atom. The number of carbonyl (C=O) groups excluding carboxylic acids is 2. The molecule has 0 saturated heterocycles. The van der Waals surface area contributed by atoms with Gasteiger partial charge in [-0.1, -0.05) is 12.1 Å². The highest BCUT2D eigenvalue weighted by atomic mass is 16.6. The molecule has 0 spiro atoms. The van der Waals surface area contributed by atoms with Gasteiger partial charge < -0.3 is 14.2 Å². The van der Waals surface area contributed by atoms with Crippen LogP contribution < -0.4 is 4.74 Å². The zero-order valence-corrected chi connectivity index (χ0v) is 16.0. The van der Waals surface area contributed by atoms with Crippen molar-refractivity contribution < 1.29 is 23.8 Å². The first-order valence-electron chi connectivity index (χ1n) is 9.44. The summed E-state index contributed by atoms with van der Waals surface area (Å²) in [4.78, 5) is 23.8. The number of fused-ring (bicyclic) bond motifs is 1. The molecule has 5 nitrogen and oxygen atoms in total.